The molecule has 0 aliphatic carbocycles. The van der Waals surface area contributed by atoms with Crippen molar-refractivity contribution < 1.29 is 14.3 Å². The Kier molecular flexibility index (Phi) is 6.28. The van der Waals surface area contributed by atoms with E-state index in [0.29, 0.717) is 31.9 Å². The zero-order chi connectivity index (χ0) is 14.4. The van der Waals surface area contributed by atoms with Crippen molar-refractivity contribution in [1.29, 1.82) is 0 Å². The van der Waals surface area contributed by atoms with Gasteiger partial charge in [0.1, 0.15) is 6.04 Å². The molecule has 0 bridgehead atoms. The van der Waals surface area contributed by atoms with E-state index in [9.17, 15) is 9.59 Å². The molecule has 5 heteroatoms. The van der Waals surface area contributed by atoms with Crippen LogP contribution in [0.5, 0.6) is 0 Å². The first-order valence-electron chi connectivity index (χ1n) is 7.20. The molecule has 0 aromatic rings. The summed E-state index contributed by atoms with van der Waals surface area (Å²) in [4.78, 5) is 25.9. The number of likely N-dealkylation sites (tertiary alicyclic amines) is 1. The van der Waals surface area contributed by atoms with Crippen LogP contribution in [0.1, 0.15) is 46.5 Å². The molecule has 0 radical (unpaired) electrons. The van der Waals surface area contributed by atoms with Gasteiger partial charge in [0.2, 0.25) is 5.91 Å². The lowest BCUT2D eigenvalue weighted by molar-refractivity contribution is -0.157. The Morgan fingerprint density at radius 3 is 2.63 bits per heavy atom. The first kappa shape index (κ1) is 16.0. The molecule has 0 aromatic heterocycles. The molecule has 1 aliphatic rings. The van der Waals surface area contributed by atoms with Crippen LogP contribution in [-0.4, -0.2) is 42.0 Å². The van der Waals surface area contributed by atoms with Gasteiger partial charge in [-0.2, -0.15) is 0 Å². The summed E-state index contributed by atoms with van der Waals surface area (Å²) in [6, 6.07) is -0.963. The number of esters is 1. The molecule has 1 fully saturated rings. The van der Waals surface area contributed by atoms with Crippen molar-refractivity contribution in [3.05, 3.63) is 0 Å². The van der Waals surface area contributed by atoms with Crippen LogP contribution in [0.3, 0.4) is 0 Å². The fraction of sp³-hybridized carbons (Fsp3) is 0.857. The van der Waals surface area contributed by atoms with E-state index in [-0.39, 0.29) is 11.9 Å². The number of amides is 1. The minimum absolute atomic E-state index is 0.119. The quantitative estimate of drug-likeness (QED) is 0.764. The van der Waals surface area contributed by atoms with Gasteiger partial charge in [0, 0.05) is 6.54 Å². The third-order valence-corrected chi connectivity index (χ3v) is 3.39. The molecule has 1 unspecified atom stereocenters. The van der Waals surface area contributed by atoms with Gasteiger partial charge in [0.05, 0.1) is 12.6 Å². The summed E-state index contributed by atoms with van der Waals surface area (Å²) >= 11 is 0. The molecule has 2 N–H and O–H groups in total. The largest absolute Gasteiger partial charge is 0.464 e. The van der Waals surface area contributed by atoms with Crippen LogP contribution in [0.2, 0.25) is 0 Å². The Labute approximate surface area is 115 Å². The maximum atomic E-state index is 12.3. The zero-order valence-corrected chi connectivity index (χ0v) is 12.2. The van der Waals surface area contributed by atoms with Crippen LogP contribution < -0.4 is 5.73 Å². The number of ether oxygens (including phenoxy) is 1. The number of rotatable bonds is 5. The fourth-order valence-corrected chi connectivity index (χ4v) is 2.50. The van der Waals surface area contributed by atoms with Crippen LogP contribution in [-0.2, 0) is 14.3 Å². The second kappa shape index (κ2) is 7.48. The van der Waals surface area contributed by atoms with E-state index in [2.05, 4.69) is 0 Å². The maximum absolute atomic E-state index is 12.3. The monoisotopic (exact) mass is 270 g/mol. The number of nitrogens with zero attached hydrogens (tertiary/aromatic N) is 1. The summed E-state index contributed by atoms with van der Waals surface area (Å²) < 4.78 is 5.05. The lowest BCUT2D eigenvalue weighted by Crippen LogP contribution is -2.54. The number of piperidine rings is 1. The SMILES string of the molecule is CCOC(=O)C1CCCCN1C(=O)[C@H](N)CC(C)C. The van der Waals surface area contributed by atoms with Gasteiger partial charge in [0.25, 0.3) is 0 Å². The van der Waals surface area contributed by atoms with Gasteiger partial charge in [-0.25, -0.2) is 4.79 Å². The highest BCUT2D eigenvalue weighted by Crippen LogP contribution is 2.20. The molecule has 1 aliphatic heterocycles. The molecule has 110 valence electrons. The van der Waals surface area contributed by atoms with Crippen molar-refractivity contribution >= 4 is 11.9 Å². The number of hydrogen-bond acceptors (Lipinski definition) is 4. The van der Waals surface area contributed by atoms with E-state index in [1.807, 2.05) is 13.8 Å². The van der Waals surface area contributed by atoms with E-state index in [1.54, 1.807) is 11.8 Å². The summed E-state index contributed by atoms with van der Waals surface area (Å²) in [5.74, 6) is -0.0523. The number of nitrogens with two attached hydrogens (primary N) is 1. The fourth-order valence-electron chi connectivity index (χ4n) is 2.50. The van der Waals surface area contributed by atoms with E-state index < -0.39 is 12.1 Å². The molecule has 1 saturated heterocycles. The van der Waals surface area contributed by atoms with E-state index in [0.717, 1.165) is 12.8 Å². The third-order valence-electron chi connectivity index (χ3n) is 3.39. The van der Waals surface area contributed by atoms with Crippen LogP contribution in [0, 0.1) is 5.92 Å². The Bertz CT molecular complexity index is 318. The van der Waals surface area contributed by atoms with Gasteiger partial charge in [-0.15, -0.1) is 0 Å². The average molecular weight is 270 g/mol. The molecule has 19 heavy (non-hydrogen) atoms. The van der Waals surface area contributed by atoms with Crippen LogP contribution in [0.4, 0.5) is 0 Å². The summed E-state index contributed by atoms with van der Waals surface area (Å²) in [5.41, 5.74) is 5.94. The van der Waals surface area contributed by atoms with Crippen molar-refractivity contribution in [1.82, 2.24) is 4.90 Å². The molecule has 0 spiro atoms. The molecule has 0 aromatic carbocycles. The van der Waals surface area contributed by atoms with Gasteiger partial charge >= 0.3 is 5.97 Å². The summed E-state index contributed by atoms with van der Waals surface area (Å²) in [6.45, 7) is 6.79. The summed E-state index contributed by atoms with van der Waals surface area (Å²) in [6.07, 6.45) is 3.20. The molecule has 1 rings (SSSR count). The van der Waals surface area contributed by atoms with Crippen molar-refractivity contribution in [3.63, 3.8) is 0 Å². The highest BCUT2D eigenvalue weighted by Gasteiger charge is 2.35. The highest BCUT2D eigenvalue weighted by atomic mass is 16.5. The van der Waals surface area contributed by atoms with Crippen LogP contribution >= 0.6 is 0 Å². The van der Waals surface area contributed by atoms with E-state index >= 15 is 0 Å². The predicted octanol–water partition coefficient (Wildman–Crippen LogP) is 1.30. The second-order valence-corrected chi connectivity index (χ2v) is 5.53. The number of hydrogen-bond donors (Lipinski definition) is 1. The molecule has 1 heterocycles. The Morgan fingerprint density at radius 1 is 1.37 bits per heavy atom. The second-order valence-electron chi connectivity index (χ2n) is 5.53. The first-order valence-corrected chi connectivity index (χ1v) is 7.20. The van der Waals surface area contributed by atoms with Crippen molar-refractivity contribution in [2.75, 3.05) is 13.2 Å². The van der Waals surface area contributed by atoms with Gasteiger partial charge in [0.15, 0.2) is 0 Å². The van der Waals surface area contributed by atoms with Crippen molar-refractivity contribution in [2.45, 2.75) is 58.5 Å². The standard InChI is InChI=1S/C14H26N2O3/c1-4-19-14(18)12-7-5-6-8-16(12)13(17)11(15)9-10(2)3/h10-12H,4-9,15H2,1-3H3/t11-,12?/m1/s1. The smallest absolute Gasteiger partial charge is 0.328 e. The predicted molar refractivity (Wildman–Crippen MR) is 73.4 cm³/mol. The lowest BCUT2D eigenvalue weighted by atomic mass is 9.98. The lowest BCUT2D eigenvalue weighted by Gasteiger charge is -2.35. The number of carbonyl (C=O) groups is 2. The summed E-state index contributed by atoms with van der Waals surface area (Å²) in [7, 11) is 0. The zero-order valence-electron chi connectivity index (χ0n) is 12.2. The number of carbonyl (C=O) groups excluding carboxylic acids is 2. The Morgan fingerprint density at radius 2 is 2.05 bits per heavy atom. The molecular weight excluding hydrogens is 244 g/mol. The van der Waals surface area contributed by atoms with Crippen LogP contribution in [0.15, 0.2) is 0 Å². The molecule has 2 atom stereocenters. The Balaban J connectivity index is 2.70. The maximum Gasteiger partial charge on any atom is 0.328 e. The molecular formula is C14H26N2O3. The van der Waals surface area contributed by atoms with Gasteiger partial charge in [-0.3, -0.25) is 4.79 Å². The average Bonchev–Trinajstić information content (AvgIpc) is 2.37. The van der Waals surface area contributed by atoms with Crippen molar-refractivity contribution in [2.24, 2.45) is 11.7 Å². The third kappa shape index (κ3) is 4.49. The summed E-state index contributed by atoms with van der Waals surface area (Å²) in [5, 5.41) is 0. The molecule has 5 nitrogen and oxygen atoms in total. The topological polar surface area (TPSA) is 72.6 Å². The first-order chi connectivity index (χ1) is 8.97. The highest BCUT2D eigenvalue weighted by molar-refractivity contribution is 5.87. The van der Waals surface area contributed by atoms with E-state index in [1.165, 1.54) is 0 Å². The van der Waals surface area contributed by atoms with Gasteiger partial charge in [-0.1, -0.05) is 13.8 Å². The van der Waals surface area contributed by atoms with E-state index in [4.69, 9.17) is 10.5 Å². The van der Waals surface area contributed by atoms with Gasteiger partial charge in [-0.05, 0) is 38.5 Å². The van der Waals surface area contributed by atoms with Crippen molar-refractivity contribution in [3.8, 4) is 0 Å². The normalized spacial score (nSPS) is 21.3. The minimum atomic E-state index is -0.518. The molecule has 0 saturated carbocycles. The minimum Gasteiger partial charge on any atom is -0.464 e. The Hall–Kier alpha value is -1.10. The van der Waals surface area contributed by atoms with Crippen LogP contribution in [0.25, 0.3) is 0 Å². The van der Waals surface area contributed by atoms with Gasteiger partial charge < -0.3 is 15.4 Å². The molecule has 1 amide bonds.